The minimum atomic E-state index is -0.462. The Bertz CT molecular complexity index is 698. The number of hydrogen-bond donors (Lipinski definition) is 2. The Morgan fingerprint density at radius 1 is 1.32 bits per heavy atom. The van der Waals surface area contributed by atoms with E-state index in [1.54, 1.807) is 0 Å². The number of aliphatic hydroxyl groups excluding tert-OH is 2. The number of thioether (sulfide) groups is 1. The molecule has 0 aliphatic carbocycles. The van der Waals surface area contributed by atoms with E-state index in [1.165, 1.54) is 11.8 Å². The molecule has 0 saturated heterocycles. The van der Waals surface area contributed by atoms with Crippen molar-refractivity contribution in [1.82, 2.24) is 0 Å². The Labute approximate surface area is 154 Å². The summed E-state index contributed by atoms with van der Waals surface area (Å²) in [7, 11) is 0. The fourth-order valence-corrected chi connectivity index (χ4v) is 4.05. The lowest BCUT2D eigenvalue weighted by atomic mass is 9.85. The van der Waals surface area contributed by atoms with Crippen molar-refractivity contribution in [1.29, 1.82) is 0 Å². The lowest BCUT2D eigenvalue weighted by Gasteiger charge is -2.28. The van der Waals surface area contributed by atoms with Gasteiger partial charge in [-0.1, -0.05) is 52.4 Å². The summed E-state index contributed by atoms with van der Waals surface area (Å²) < 4.78 is 5.49. The molecule has 0 spiro atoms. The average molecular weight is 365 g/mol. The van der Waals surface area contributed by atoms with E-state index in [0.717, 1.165) is 21.6 Å². The molecule has 4 nitrogen and oxygen atoms in total. The first-order valence-electron chi connectivity index (χ1n) is 8.60. The highest BCUT2D eigenvalue weighted by molar-refractivity contribution is 8.04. The third-order valence-electron chi connectivity index (χ3n) is 4.47. The molecule has 5 heteroatoms. The van der Waals surface area contributed by atoms with Gasteiger partial charge in [0.2, 0.25) is 0 Å². The zero-order valence-corrected chi connectivity index (χ0v) is 16.7. The number of carbonyl (C=O) groups excluding carboxylic acids is 1. The smallest absolute Gasteiger partial charge is 0.348 e. The summed E-state index contributed by atoms with van der Waals surface area (Å²) in [4.78, 5) is 13.6. The van der Waals surface area contributed by atoms with Crippen LogP contribution >= 0.6 is 11.8 Å². The van der Waals surface area contributed by atoms with Gasteiger partial charge in [0.25, 0.3) is 0 Å². The molecule has 0 fully saturated rings. The normalized spacial score (nSPS) is 18.7. The molecule has 2 rings (SSSR count). The zero-order chi connectivity index (χ0) is 18.9. The van der Waals surface area contributed by atoms with E-state index >= 15 is 0 Å². The first-order chi connectivity index (χ1) is 11.5. The number of cyclic esters (lactones) is 1. The number of rotatable bonds is 4. The molecule has 0 bridgehead atoms. The molecule has 0 radical (unpaired) electrons. The maximum absolute atomic E-state index is 12.4. The van der Waals surface area contributed by atoms with Gasteiger partial charge in [0.1, 0.15) is 16.8 Å². The van der Waals surface area contributed by atoms with E-state index in [1.807, 2.05) is 32.9 Å². The van der Waals surface area contributed by atoms with E-state index in [0.29, 0.717) is 6.42 Å². The van der Waals surface area contributed by atoms with Crippen molar-refractivity contribution < 1.29 is 19.7 Å². The summed E-state index contributed by atoms with van der Waals surface area (Å²) in [6, 6.07) is 3.96. The number of aliphatic hydroxyl groups is 2. The monoisotopic (exact) mass is 364 g/mol. The van der Waals surface area contributed by atoms with Gasteiger partial charge in [-0.05, 0) is 41.0 Å². The third kappa shape index (κ3) is 4.39. The van der Waals surface area contributed by atoms with Crippen LogP contribution in [0.5, 0.6) is 0 Å². The summed E-state index contributed by atoms with van der Waals surface area (Å²) in [6.45, 7) is 12.1. The molecular weight excluding hydrogens is 336 g/mol. The SMILES string of the molecule is Cc1cc(SC2=C(O)CC(C(C)C)OC2=O)c(C(C)(C)C)cc1CO. The Kier molecular flexibility index (Phi) is 5.89. The lowest BCUT2D eigenvalue weighted by molar-refractivity contribution is -0.147. The molecule has 1 aromatic rings. The molecule has 1 atom stereocenters. The van der Waals surface area contributed by atoms with Crippen LogP contribution in [0.15, 0.2) is 27.7 Å². The van der Waals surface area contributed by atoms with Gasteiger partial charge in [0.05, 0.1) is 6.61 Å². The first-order valence-corrected chi connectivity index (χ1v) is 9.42. The van der Waals surface area contributed by atoms with Gasteiger partial charge < -0.3 is 14.9 Å². The number of benzene rings is 1. The van der Waals surface area contributed by atoms with Gasteiger partial charge in [-0.3, -0.25) is 0 Å². The van der Waals surface area contributed by atoms with Crippen LogP contribution in [0.1, 0.15) is 57.7 Å². The number of carbonyl (C=O) groups is 1. The fraction of sp³-hybridized carbons (Fsp3) is 0.550. The Morgan fingerprint density at radius 3 is 2.44 bits per heavy atom. The van der Waals surface area contributed by atoms with Crippen molar-refractivity contribution in [2.45, 2.75) is 71.0 Å². The Hall–Kier alpha value is -1.46. The van der Waals surface area contributed by atoms with Crippen LogP contribution in [0.25, 0.3) is 0 Å². The van der Waals surface area contributed by atoms with Crippen molar-refractivity contribution in [3.63, 3.8) is 0 Å². The van der Waals surface area contributed by atoms with E-state index in [4.69, 9.17) is 4.74 Å². The molecule has 1 aliphatic heterocycles. The van der Waals surface area contributed by atoms with Crippen LogP contribution < -0.4 is 0 Å². The topological polar surface area (TPSA) is 66.8 Å². The van der Waals surface area contributed by atoms with Gasteiger partial charge >= 0.3 is 5.97 Å². The van der Waals surface area contributed by atoms with E-state index in [9.17, 15) is 15.0 Å². The van der Waals surface area contributed by atoms with Crippen LogP contribution in [0.3, 0.4) is 0 Å². The summed E-state index contributed by atoms with van der Waals surface area (Å²) >= 11 is 1.25. The molecule has 2 N–H and O–H groups in total. The van der Waals surface area contributed by atoms with Crippen molar-refractivity contribution in [3.8, 4) is 0 Å². The van der Waals surface area contributed by atoms with Crippen molar-refractivity contribution in [2.75, 3.05) is 0 Å². The van der Waals surface area contributed by atoms with Crippen molar-refractivity contribution in [3.05, 3.63) is 39.5 Å². The van der Waals surface area contributed by atoms with Gasteiger partial charge in [-0.2, -0.15) is 0 Å². The molecule has 1 aromatic carbocycles. The van der Waals surface area contributed by atoms with Crippen molar-refractivity contribution >= 4 is 17.7 Å². The zero-order valence-electron chi connectivity index (χ0n) is 15.8. The van der Waals surface area contributed by atoms with E-state index in [-0.39, 0.29) is 34.7 Å². The minimum Gasteiger partial charge on any atom is -0.511 e. The standard InChI is InChI=1S/C20H28O4S/c1-11(2)16-9-15(22)18(19(23)24-16)25-17-7-12(3)13(10-21)8-14(17)20(4,5)6/h7-8,11,16,21-22H,9-10H2,1-6H3. The lowest BCUT2D eigenvalue weighted by Crippen LogP contribution is -2.29. The Balaban J connectivity index is 2.44. The van der Waals surface area contributed by atoms with Crippen LogP contribution in [0.2, 0.25) is 0 Å². The predicted molar refractivity (Wildman–Crippen MR) is 101 cm³/mol. The summed E-state index contributed by atoms with van der Waals surface area (Å²) in [5.74, 6) is -0.200. The highest BCUT2D eigenvalue weighted by atomic mass is 32.2. The summed E-state index contributed by atoms with van der Waals surface area (Å²) in [5.41, 5.74) is 2.71. The second-order valence-electron chi connectivity index (χ2n) is 7.95. The molecule has 0 aromatic heterocycles. The second kappa shape index (κ2) is 7.42. The molecule has 1 aliphatic rings. The summed E-state index contributed by atoms with van der Waals surface area (Å²) in [5, 5.41) is 20.0. The number of hydrogen-bond acceptors (Lipinski definition) is 5. The quantitative estimate of drug-likeness (QED) is 0.763. The van der Waals surface area contributed by atoms with Gasteiger partial charge in [-0.15, -0.1) is 0 Å². The predicted octanol–water partition coefficient (Wildman–Crippen LogP) is 4.62. The van der Waals surface area contributed by atoms with Gasteiger partial charge in [-0.25, -0.2) is 4.79 Å². The van der Waals surface area contributed by atoms with E-state index in [2.05, 4.69) is 20.8 Å². The Morgan fingerprint density at radius 2 is 1.96 bits per heavy atom. The van der Waals surface area contributed by atoms with Crippen LogP contribution in [-0.4, -0.2) is 22.3 Å². The molecule has 1 heterocycles. The first kappa shape index (κ1) is 19.9. The fourth-order valence-electron chi connectivity index (χ4n) is 2.78. The molecule has 1 unspecified atom stereocenters. The van der Waals surface area contributed by atoms with Gasteiger partial charge in [0, 0.05) is 11.3 Å². The number of esters is 1. The van der Waals surface area contributed by atoms with E-state index < -0.39 is 5.97 Å². The van der Waals surface area contributed by atoms with Crippen LogP contribution in [-0.2, 0) is 21.6 Å². The number of aryl methyl sites for hydroxylation is 1. The average Bonchev–Trinajstić information content (AvgIpc) is 2.49. The molecule has 0 saturated carbocycles. The maximum atomic E-state index is 12.4. The van der Waals surface area contributed by atoms with Crippen LogP contribution in [0.4, 0.5) is 0 Å². The highest BCUT2D eigenvalue weighted by Crippen LogP contribution is 2.41. The molecule has 138 valence electrons. The van der Waals surface area contributed by atoms with Crippen molar-refractivity contribution in [2.24, 2.45) is 5.92 Å². The maximum Gasteiger partial charge on any atom is 0.348 e. The number of ether oxygens (including phenoxy) is 1. The molecular formula is C20H28O4S. The molecule has 25 heavy (non-hydrogen) atoms. The second-order valence-corrected chi connectivity index (χ2v) is 9.00. The summed E-state index contributed by atoms with van der Waals surface area (Å²) in [6.07, 6.45) is 0.0713. The highest BCUT2D eigenvalue weighted by Gasteiger charge is 2.32. The van der Waals surface area contributed by atoms with Gasteiger partial charge in [0.15, 0.2) is 0 Å². The van der Waals surface area contributed by atoms with Crippen LogP contribution in [0, 0.1) is 12.8 Å². The molecule has 0 amide bonds. The third-order valence-corrected chi connectivity index (χ3v) is 5.64. The largest absolute Gasteiger partial charge is 0.511 e. The minimum absolute atomic E-state index is 0.0219.